The van der Waals surface area contributed by atoms with E-state index >= 15 is 0 Å². The molecule has 102 valence electrons. The topological polar surface area (TPSA) is 30.5 Å². The average Bonchev–Trinajstić information content (AvgIpc) is 2.32. The molecule has 3 nitrogen and oxygen atoms in total. The third kappa shape index (κ3) is 5.77. The van der Waals surface area contributed by atoms with Gasteiger partial charge < -0.3 is 14.8 Å². The lowest BCUT2D eigenvalue weighted by molar-refractivity contribution is -0.173. The van der Waals surface area contributed by atoms with Gasteiger partial charge in [-0.1, -0.05) is 12.1 Å². The third-order valence-electron chi connectivity index (χ3n) is 2.15. The zero-order valence-corrected chi connectivity index (χ0v) is 10.1. The van der Waals surface area contributed by atoms with E-state index in [1.165, 1.54) is 0 Å². The van der Waals surface area contributed by atoms with E-state index in [0.717, 1.165) is 5.69 Å². The minimum atomic E-state index is -4.25. The molecule has 1 aromatic rings. The van der Waals surface area contributed by atoms with Gasteiger partial charge in [-0.15, -0.1) is 0 Å². The Hall–Kier alpha value is -1.43. The normalized spacial score (nSPS) is 11.3. The Balaban J connectivity index is 2.18. The van der Waals surface area contributed by atoms with Gasteiger partial charge in [-0.25, -0.2) is 0 Å². The number of halogens is 3. The Kier molecular flexibility index (Phi) is 5.77. The molecule has 0 amide bonds. The van der Waals surface area contributed by atoms with Crippen molar-refractivity contribution in [1.82, 2.24) is 0 Å². The van der Waals surface area contributed by atoms with Gasteiger partial charge in [0, 0.05) is 13.2 Å². The lowest BCUT2D eigenvalue weighted by Gasteiger charge is -2.11. The lowest BCUT2D eigenvalue weighted by atomic mass is 10.3. The fourth-order valence-corrected chi connectivity index (χ4v) is 1.38. The van der Waals surface area contributed by atoms with Crippen molar-refractivity contribution in [3.8, 4) is 5.75 Å². The number of anilines is 1. The summed E-state index contributed by atoms with van der Waals surface area (Å²) in [6.45, 7) is -0.596. The van der Waals surface area contributed by atoms with Crippen LogP contribution in [0.1, 0.15) is 6.42 Å². The number of para-hydroxylation sites is 2. The predicted molar refractivity (Wildman–Crippen MR) is 63.0 cm³/mol. The first-order valence-electron chi connectivity index (χ1n) is 5.54. The molecule has 0 bridgehead atoms. The van der Waals surface area contributed by atoms with Crippen LogP contribution in [0.2, 0.25) is 0 Å². The Morgan fingerprint density at radius 2 is 1.94 bits per heavy atom. The minimum Gasteiger partial charge on any atom is -0.495 e. The number of ether oxygens (including phenoxy) is 2. The summed E-state index contributed by atoms with van der Waals surface area (Å²) in [5.41, 5.74) is 0.816. The average molecular weight is 263 g/mol. The maximum absolute atomic E-state index is 11.8. The van der Waals surface area contributed by atoms with Crippen molar-refractivity contribution in [1.29, 1.82) is 0 Å². The van der Waals surface area contributed by atoms with Crippen LogP contribution in [0.4, 0.5) is 18.9 Å². The number of hydrogen-bond donors (Lipinski definition) is 1. The van der Waals surface area contributed by atoms with Crippen molar-refractivity contribution < 1.29 is 22.6 Å². The van der Waals surface area contributed by atoms with Crippen molar-refractivity contribution in [3.05, 3.63) is 24.3 Å². The molecule has 0 aliphatic heterocycles. The Morgan fingerprint density at radius 3 is 2.61 bits per heavy atom. The molecular weight excluding hydrogens is 247 g/mol. The van der Waals surface area contributed by atoms with Crippen molar-refractivity contribution in [2.24, 2.45) is 0 Å². The van der Waals surface area contributed by atoms with Gasteiger partial charge in [-0.05, 0) is 18.6 Å². The molecule has 18 heavy (non-hydrogen) atoms. The SMILES string of the molecule is COc1ccccc1NCCCOCC(F)(F)F. The van der Waals surface area contributed by atoms with E-state index in [-0.39, 0.29) is 6.61 Å². The molecular formula is C12H16F3NO2. The second-order valence-corrected chi connectivity index (χ2v) is 3.65. The fraction of sp³-hybridized carbons (Fsp3) is 0.500. The molecule has 0 fully saturated rings. The molecule has 0 heterocycles. The zero-order valence-electron chi connectivity index (χ0n) is 10.1. The van der Waals surface area contributed by atoms with E-state index in [9.17, 15) is 13.2 Å². The number of hydrogen-bond acceptors (Lipinski definition) is 3. The Morgan fingerprint density at radius 1 is 1.22 bits per heavy atom. The summed E-state index contributed by atoms with van der Waals surface area (Å²) in [5.74, 6) is 0.703. The maximum Gasteiger partial charge on any atom is 0.411 e. The van der Waals surface area contributed by atoms with Crippen molar-refractivity contribution in [3.63, 3.8) is 0 Å². The van der Waals surface area contributed by atoms with E-state index < -0.39 is 12.8 Å². The summed E-state index contributed by atoms with van der Waals surface area (Å²) < 4.78 is 44.9. The second kappa shape index (κ2) is 7.10. The summed E-state index contributed by atoms with van der Waals surface area (Å²) in [6, 6.07) is 7.35. The molecule has 0 aromatic heterocycles. The van der Waals surface area contributed by atoms with Crippen molar-refractivity contribution in [2.45, 2.75) is 12.6 Å². The monoisotopic (exact) mass is 263 g/mol. The standard InChI is InChI=1S/C12H16F3NO2/c1-17-11-6-3-2-5-10(11)16-7-4-8-18-9-12(13,14)15/h2-3,5-6,16H,4,7-9H2,1H3. The highest BCUT2D eigenvalue weighted by Crippen LogP contribution is 2.22. The Labute approximate surface area is 104 Å². The van der Waals surface area contributed by atoms with Crippen molar-refractivity contribution in [2.75, 3.05) is 32.2 Å². The maximum atomic E-state index is 11.8. The van der Waals surface area contributed by atoms with Crippen LogP contribution in [0.5, 0.6) is 5.75 Å². The van der Waals surface area contributed by atoms with E-state index in [1.54, 1.807) is 7.11 Å². The smallest absolute Gasteiger partial charge is 0.411 e. The van der Waals surface area contributed by atoms with Gasteiger partial charge >= 0.3 is 6.18 Å². The van der Waals surface area contributed by atoms with Crippen LogP contribution in [0.25, 0.3) is 0 Å². The lowest BCUT2D eigenvalue weighted by Crippen LogP contribution is -2.18. The molecule has 1 N–H and O–H groups in total. The van der Waals surface area contributed by atoms with Crippen LogP contribution in [-0.4, -0.2) is 33.0 Å². The molecule has 0 aliphatic rings. The summed E-state index contributed by atoms with van der Waals surface area (Å²) in [5, 5.41) is 3.08. The zero-order chi connectivity index (χ0) is 13.4. The van der Waals surface area contributed by atoms with Crippen LogP contribution in [0, 0.1) is 0 Å². The summed E-state index contributed by atoms with van der Waals surface area (Å²) in [6.07, 6.45) is -3.76. The van der Waals surface area contributed by atoms with Gasteiger partial charge in [0.25, 0.3) is 0 Å². The molecule has 0 unspecified atom stereocenters. The number of benzene rings is 1. The Bertz CT molecular complexity index is 355. The summed E-state index contributed by atoms with van der Waals surface area (Å²) in [4.78, 5) is 0. The minimum absolute atomic E-state index is 0.0711. The van der Waals surface area contributed by atoms with Crippen LogP contribution in [0.15, 0.2) is 24.3 Å². The van der Waals surface area contributed by atoms with Crippen LogP contribution < -0.4 is 10.1 Å². The first-order chi connectivity index (χ1) is 8.53. The number of methoxy groups -OCH3 is 1. The molecule has 0 saturated carbocycles. The first-order valence-corrected chi connectivity index (χ1v) is 5.54. The molecule has 1 aromatic carbocycles. The highest BCUT2D eigenvalue weighted by Gasteiger charge is 2.27. The molecule has 0 aliphatic carbocycles. The van der Waals surface area contributed by atoms with Gasteiger partial charge in [0.2, 0.25) is 0 Å². The highest BCUT2D eigenvalue weighted by molar-refractivity contribution is 5.55. The van der Waals surface area contributed by atoms with Crippen LogP contribution >= 0.6 is 0 Å². The highest BCUT2D eigenvalue weighted by atomic mass is 19.4. The van der Waals surface area contributed by atoms with Gasteiger partial charge in [-0.3, -0.25) is 0 Å². The molecule has 0 atom stereocenters. The van der Waals surface area contributed by atoms with E-state index in [2.05, 4.69) is 10.1 Å². The third-order valence-corrected chi connectivity index (χ3v) is 2.15. The van der Waals surface area contributed by atoms with Gasteiger partial charge in [0.1, 0.15) is 12.4 Å². The molecule has 0 saturated heterocycles. The number of rotatable bonds is 7. The molecule has 1 rings (SSSR count). The van der Waals surface area contributed by atoms with Gasteiger partial charge in [0.05, 0.1) is 12.8 Å². The quantitative estimate of drug-likeness (QED) is 0.767. The van der Waals surface area contributed by atoms with E-state index in [0.29, 0.717) is 18.7 Å². The van der Waals surface area contributed by atoms with Crippen molar-refractivity contribution >= 4 is 5.69 Å². The van der Waals surface area contributed by atoms with Gasteiger partial charge in [0.15, 0.2) is 0 Å². The largest absolute Gasteiger partial charge is 0.495 e. The van der Waals surface area contributed by atoms with E-state index in [1.807, 2.05) is 24.3 Å². The summed E-state index contributed by atoms with van der Waals surface area (Å²) >= 11 is 0. The number of nitrogens with one attached hydrogen (secondary N) is 1. The first kappa shape index (κ1) is 14.6. The van der Waals surface area contributed by atoms with Crippen LogP contribution in [0.3, 0.4) is 0 Å². The molecule has 0 spiro atoms. The predicted octanol–water partition coefficient (Wildman–Crippen LogP) is 3.08. The molecule has 6 heteroatoms. The second-order valence-electron chi connectivity index (χ2n) is 3.65. The van der Waals surface area contributed by atoms with Gasteiger partial charge in [-0.2, -0.15) is 13.2 Å². The summed E-state index contributed by atoms with van der Waals surface area (Å²) in [7, 11) is 1.56. The fourth-order valence-electron chi connectivity index (χ4n) is 1.38. The molecule has 0 radical (unpaired) electrons. The number of alkyl halides is 3. The van der Waals surface area contributed by atoms with Crippen LogP contribution in [-0.2, 0) is 4.74 Å². The van der Waals surface area contributed by atoms with E-state index in [4.69, 9.17) is 4.74 Å².